The Hall–Kier alpha value is 0.0549. The van der Waals surface area contributed by atoms with E-state index in [1.54, 1.807) is 17.7 Å². The summed E-state index contributed by atoms with van der Waals surface area (Å²) in [6.07, 6.45) is 1.29. The molecule has 0 amide bonds. The second-order valence-electron chi connectivity index (χ2n) is 6.11. The lowest BCUT2D eigenvalue weighted by Gasteiger charge is -2.28. The lowest BCUT2D eigenvalue weighted by Crippen LogP contribution is -2.28. The van der Waals surface area contributed by atoms with E-state index in [9.17, 15) is 4.57 Å². The summed E-state index contributed by atoms with van der Waals surface area (Å²) in [7, 11) is 5.79. The molecule has 1 aliphatic rings. The van der Waals surface area contributed by atoms with Gasteiger partial charge in [0.1, 0.15) is 7.85 Å². The lowest BCUT2D eigenvalue weighted by molar-refractivity contribution is 0.0000402. The van der Waals surface area contributed by atoms with E-state index >= 15 is 0 Å². The minimum Gasteiger partial charge on any atom is -0.383 e. The predicted molar refractivity (Wildman–Crippen MR) is 112 cm³/mol. The molecule has 1 unspecified atom stereocenters. The minimum atomic E-state index is -3.46. The molecular weight excluding hydrogens is 388 g/mol. The first-order valence-electron chi connectivity index (χ1n) is 8.88. The van der Waals surface area contributed by atoms with Gasteiger partial charge in [-0.3, -0.25) is 9.05 Å². The Kier molecular flexibility index (Phi) is 10.1. The average Bonchev–Trinajstić information content (AvgIpc) is 2.65. The quantitative estimate of drug-likeness (QED) is 0.327. The van der Waals surface area contributed by atoms with Crippen LogP contribution in [0.2, 0.25) is 0 Å². The third-order valence-electron chi connectivity index (χ3n) is 3.76. The van der Waals surface area contributed by atoms with Gasteiger partial charge in [-0.05, 0) is 25.3 Å². The van der Waals surface area contributed by atoms with Gasteiger partial charge in [-0.15, -0.1) is 0 Å². The number of rotatable bonds is 11. The van der Waals surface area contributed by atoms with Gasteiger partial charge in [0.05, 0.1) is 18.8 Å². The van der Waals surface area contributed by atoms with E-state index in [1.165, 1.54) is 0 Å². The van der Waals surface area contributed by atoms with Crippen LogP contribution in [-0.4, -0.2) is 44.2 Å². The van der Waals surface area contributed by atoms with E-state index < -0.39 is 13.7 Å². The Bertz CT molecular complexity index is 561. The first kappa shape index (κ1) is 22.3. The number of hydrogen-bond acceptors (Lipinski definition) is 6. The Morgan fingerprint density at radius 3 is 2.73 bits per heavy atom. The molecule has 1 aromatic rings. The molecule has 144 valence electrons. The van der Waals surface area contributed by atoms with Crippen molar-refractivity contribution in [2.75, 3.05) is 18.1 Å². The summed E-state index contributed by atoms with van der Waals surface area (Å²) in [6.45, 7) is 4.33. The molecule has 1 aliphatic heterocycles. The van der Waals surface area contributed by atoms with E-state index in [1.807, 2.05) is 48.0 Å². The third kappa shape index (κ3) is 8.38. The number of benzene rings is 1. The number of ether oxygens (including phenoxy) is 1. The SMILES string of the molecule is [B][C@@H](C)O[C@@H](CC)COP(=O)(NCc1ccccc1)O[C@@H]1CCSSC1. The van der Waals surface area contributed by atoms with Crippen molar-refractivity contribution in [2.24, 2.45) is 0 Å². The molecule has 1 saturated heterocycles. The molecule has 26 heavy (non-hydrogen) atoms. The molecule has 0 saturated carbocycles. The molecule has 2 radical (unpaired) electrons. The highest BCUT2D eigenvalue weighted by Gasteiger charge is 2.31. The number of hydrogen-bond donors (Lipinski definition) is 1. The zero-order chi connectivity index (χ0) is 18.8. The van der Waals surface area contributed by atoms with Crippen molar-refractivity contribution < 1.29 is 18.3 Å². The maximum Gasteiger partial charge on any atom is 0.406 e. The van der Waals surface area contributed by atoms with Crippen molar-refractivity contribution >= 4 is 37.2 Å². The van der Waals surface area contributed by atoms with Gasteiger partial charge >= 0.3 is 7.75 Å². The van der Waals surface area contributed by atoms with Crippen LogP contribution in [0.15, 0.2) is 30.3 Å². The van der Waals surface area contributed by atoms with Crippen molar-refractivity contribution in [2.45, 2.75) is 51.4 Å². The van der Waals surface area contributed by atoms with Crippen molar-refractivity contribution in [3.05, 3.63) is 35.9 Å². The number of nitrogens with one attached hydrogen (secondary N) is 1. The summed E-state index contributed by atoms with van der Waals surface area (Å²) in [6, 6.07) is 9.39. The van der Waals surface area contributed by atoms with Crippen LogP contribution in [0.3, 0.4) is 0 Å². The normalized spacial score (nSPS) is 22.5. The molecule has 9 heteroatoms. The van der Waals surface area contributed by atoms with E-state index in [4.69, 9.17) is 21.6 Å². The molecule has 1 aromatic carbocycles. The first-order valence-corrected chi connectivity index (χ1v) is 12.9. The monoisotopic (exact) mass is 415 g/mol. The second-order valence-corrected chi connectivity index (χ2v) is 10.5. The van der Waals surface area contributed by atoms with Crippen LogP contribution in [0.4, 0.5) is 0 Å². The molecule has 0 bridgehead atoms. The van der Waals surface area contributed by atoms with E-state index in [0.29, 0.717) is 6.54 Å². The fourth-order valence-corrected chi connectivity index (χ4v) is 6.35. The summed E-state index contributed by atoms with van der Waals surface area (Å²) >= 11 is 0. The topological polar surface area (TPSA) is 56.8 Å². The average molecular weight is 415 g/mol. The summed E-state index contributed by atoms with van der Waals surface area (Å²) in [5.41, 5.74) is 1.02. The van der Waals surface area contributed by atoms with Gasteiger partial charge < -0.3 is 4.74 Å². The van der Waals surface area contributed by atoms with Crippen molar-refractivity contribution in [1.29, 1.82) is 0 Å². The van der Waals surface area contributed by atoms with Crippen LogP contribution >= 0.6 is 29.3 Å². The van der Waals surface area contributed by atoms with Gasteiger partial charge in [-0.1, -0.05) is 58.8 Å². The fourth-order valence-electron chi connectivity index (χ4n) is 2.36. The van der Waals surface area contributed by atoms with Gasteiger partial charge in [0.15, 0.2) is 0 Å². The third-order valence-corrected chi connectivity index (χ3v) is 7.86. The fraction of sp³-hybridized carbons (Fsp3) is 0.647. The zero-order valence-corrected chi connectivity index (χ0v) is 17.9. The molecule has 0 spiro atoms. The van der Waals surface area contributed by atoms with E-state index in [2.05, 4.69) is 5.09 Å². The largest absolute Gasteiger partial charge is 0.406 e. The van der Waals surface area contributed by atoms with Crippen LogP contribution in [0.1, 0.15) is 32.3 Å². The molecule has 0 aliphatic carbocycles. The smallest absolute Gasteiger partial charge is 0.383 e. The highest BCUT2D eigenvalue weighted by molar-refractivity contribution is 8.76. The Balaban J connectivity index is 1.97. The Morgan fingerprint density at radius 1 is 1.35 bits per heavy atom. The minimum absolute atomic E-state index is 0.0789. The van der Waals surface area contributed by atoms with Gasteiger partial charge in [0, 0.05) is 24.1 Å². The van der Waals surface area contributed by atoms with Crippen molar-refractivity contribution in [1.82, 2.24) is 5.09 Å². The maximum atomic E-state index is 13.3. The second kappa shape index (κ2) is 11.8. The van der Waals surface area contributed by atoms with Crippen LogP contribution in [0, 0.1) is 0 Å². The molecule has 5 nitrogen and oxygen atoms in total. The van der Waals surface area contributed by atoms with Gasteiger partial charge in [0.2, 0.25) is 0 Å². The van der Waals surface area contributed by atoms with Gasteiger partial charge in [0.25, 0.3) is 0 Å². The molecule has 4 atom stereocenters. The summed E-state index contributed by atoms with van der Waals surface area (Å²) in [4.78, 5) is 0. The summed E-state index contributed by atoms with van der Waals surface area (Å²) < 4.78 is 30.5. The lowest BCUT2D eigenvalue weighted by atomic mass is 10.0. The molecule has 2 rings (SSSR count). The molecule has 1 N–H and O–H groups in total. The van der Waals surface area contributed by atoms with E-state index in [0.717, 1.165) is 29.9 Å². The van der Waals surface area contributed by atoms with Gasteiger partial charge in [-0.2, -0.15) is 0 Å². The standard InChI is InChI=1S/C17H27BNO4PS2/c1-3-16(22-14(2)18)12-21-24(20,23-17-9-10-25-26-13-17)19-11-15-7-5-4-6-8-15/h4-8,14,16-17H,3,9-13H2,1-2H3,(H,19,20)/t14-,16+,17-,24?/m1/s1. The highest BCUT2D eigenvalue weighted by Crippen LogP contribution is 2.48. The molecule has 1 heterocycles. The Morgan fingerprint density at radius 2 is 2.12 bits per heavy atom. The van der Waals surface area contributed by atoms with Gasteiger partial charge in [-0.25, -0.2) is 9.65 Å². The van der Waals surface area contributed by atoms with Crippen molar-refractivity contribution in [3.8, 4) is 0 Å². The summed E-state index contributed by atoms with van der Waals surface area (Å²) in [5, 5.41) is 3.00. The van der Waals surface area contributed by atoms with Crippen LogP contribution in [0.5, 0.6) is 0 Å². The zero-order valence-electron chi connectivity index (χ0n) is 15.3. The van der Waals surface area contributed by atoms with E-state index in [-0.39, 0.29) is 18.8 Å². The maximum absolute atomic E-state index is 13.3. The molecule has 1 fully saturated rings. The first-order chi connectivity index (χ1) is 12.5. The summed E-state index contributed by atoms with van der Waals surface area (Å²) in [5.74, 6) is 1.79. The van der Waals surface area contributed by atoms with Crippen molar-refractivity contribution in [3.63, 3.8) is 0 Å². The van der Waals surface area contributed by atoms with Crippen LogP contribution in [0.25, 0.3) is 0 Å². The predicted octanol–water partition coefficient (Wildman–Crippen LogP) is 4.38. The highest BCUT2D eigenvalue weighted by atomic mass is 33.1. The van der Waals surface area contributed by atoms with Crippen LogP contribution in [-0.2, 0) is 24.9 Å². The molecule has 0 aromatic heterocycles. The Labute approximate surface area is 166 Å². The van der Waals surface area contributed by atoms with Crippen LogP contribution < -0.4 is 5.09 Å². The molecular formula is C17H27BNO4PS2.